The van der Waals surface area contributed by atoms with Crippen LogP contribution in [-0.4, -0.2) is 17.0 Å². The summed E-state index contributed by atoms with van der Waals surface area (Å²) in [6, 6.07) is 8.88. The molecule has 1 aromatic heterocycles. The van der Waals surface area contributed by atoms with Crippen molar-refractivity contribution in [2.75, 3.05) is 11.9 Å². The zero-order valence-corrected chi connectivity index (χ0v) is 12.0. The Hall–Kier alpha value is -2.46. The lowest BCUT2D eigenvalue weighted by Crippen LogP contribution is -2.12. The average molecular weight is 333 g/mol. The van der Waals surface area contributed by atoms with Crippen LogP contribution in [0.4, 0.5) is 17.1 Å². The molecule has 0 aliphatic rings. The van der Waals surface area contributed by atoms with E-state index in [-0.39, 0.29) is 5.69 Å². The molecule has 0 unspecified atom stereocenters. The quantitative estimate of drug-likeness (QED) is 0.635. The molecule has 1 heterocycles. The highest BCUT2D eigenvalue weighted by atomic mass is 79.9. The van der Waals surface area contributed by atoms with Gasteiger partial charge in [-0.2, -0.15) is 5.26 Å². The Morgan fingerprint density at radius 3 is 2.85 bits per heavy atom. The molecule has 0 fully saturated rings. The molecule has 0 saturated carbocycles. The van der Waals surface area contributed by atoms with Gasteiger partial charge < -0.3 is 4.90 Å². The number of hydrogen-bond acceptors (Lipinski definition) is 5. The van der Waals surface area contributed by atoms with Crippen molar-refractivity contribution >= 4 is 33.0 Å². The van der Waals surface area contributed by atoms with Gasteiger partial charge in [0.2, 0.25) is 0 Å². The lowest BCUT2D eigenvalue weighted by molar-refractivity contribution is -0.384. The molecule has 6 nitrogen and oxygen atoms in total. The van der Waals surface area contributed by atoms with E-state index < -0.39 is 4.92 Å². The zero-order chi connectivity index (χ0) is 14.7. The molecular formula is C13H9BrN4O2. The van der Waals surface area contributed by atoms with Crippen molar-refractivity contribution in [2.24, 2.45) is 0 Å². The third-order valence-corrected chi connectivity index (χ3v) is 3.33. The van der Waals surface area contributed by atoms with Crippen LogP contribution >= 0.6 is 15.9 Å². The summed E-state index contributed by atoms with van der Waals surface area (Å²) in [5, 5.41) is 20.0. The number of aromatic nitrogens is 1. The van der Waals surface area contributed by atoms with E-state index in [2.05, 4.69) is 20.9 Å². The van der Waals surface area contributed by atoms with Crippen molar-refractivity contribution < 1.29 is 4.92 Å². The Morgan fingerprint density at radius 2 is 2.20 bits per heavy atom. The fourth-order valence-electron chi connectivity index (χ4n) is 1.80. The Morgan fingerprint density at radius 1 is 1.45 bits per heavy atom. The van der Waals surface area contributed by atoms with Crippen LogP contribution in [0.3, 0.4) is 0 Å². The van der Waals surface area contributed by atoms with E-state index in [0.29, 0.717) is 21.4 Å². The maximum absolute atomic E-state index is 11.1. The number of rotatable bonds is 3. The van der Waals surface area contributed by atoms with Gasteiger partial charge in [0.15, 0.2) is 0 Å². The first-order valence-corrected chi connectivity index (χ1v) is 6.35. The minimum Gasteiger partial charge on any atom is -0.338 e. The van der Waals surface area contributed by atoms with Crippen molar-refractivity contribution in [1.29, 1.82) is 5.26 Å². The minimum absolute atomic E-state index is 0.107. The molecule has 0 aliphatic carbocycles. The normalized spacial score (nSPS) is 9.85. The molecule has 0 atom stereocenters. The first-order valence-electron chi connectivity index (χ1n) is 5.56. The summed E-state index contributed by atoms with van der Waals surface area (Å²) >= 11 is 3.28. The molecule has 7 heteroatoms. The Bertz CT molecular complexity index is 712. The molecule has 0 amide bonds. The molecular weight excluding hydrogens is 324 g/mol. The summed E-state index contributed by atoms with van der Waals surface area (Å²) in [7, 11) is 1.70. The molecule has 1 aromatic carbocycles. The fourth-order valence-corrected chi connectivity index (χ4v) is 2.38. The topological polar surface area (TPSA) is 83.1 Å². The van der Waals surface area contributed by atoms with Crippen LogP contribution in [0.1, 0.15) is 5.56 Å². The third kappa shape index (κ3) is 2.60. The van der Waals surface area contributed by atoms with Gasteiger partial charge in [-0.15, -0.1) is 0 Å². The summed E-state index contributed by atoms with van der Waals surface area (Å²) in [4.78, 5) is 16.1. The van der Waals surface area contributed by atoms with Crippen LogP contribution in [-0.2, 0) is 0 Å². The number of anilines is 2. The highest BCUT2D eigenvalue weighted by Gasteiger charge is 2.21. The molecule has 0 bridgehead atoms. The van der Waals surface area contributed by atoms with Gasteiger partial charge in [0, 0.05) is 18.9 Å². The van der Waals surface area contributed by atoms with E-state index in [1.807, 2.05) is 6.07 Å². The van der Waals surface area contributed by atoms with E-state index >= 15 is 0 Å². The molecule has 100 valence electrons. The number of halogens is 1. The number of pyridine rings is 1. The minimum atomic E-state index is -0.488. The average Bonchev–Trinajstić information content (AvgIpc) is 2.46. The highest BCUT2D eigenvalue weighted by Crippen LogP contribution is 2.37. The zero-order valence-electron chi connectivity index (χ0n) is 10.4. The van der Waals surface area contributed by atoms with Crippen LogP contribution in [0.2, 0.25) is 0 Å². The van der Waals surface area contributed by atoms with Gasteiger partial charge in [-0.1, -0.05) is 6.07 Å². The molecule has 0 radical (unpaired) electrons. The van der Waals surface area contributed by atoms with E-state index in [4.69, 9.17) is 5.26 Å². The molecule has 2 rings (SSSR count). The van der Waals surface area contributed by atoms with Crippen molar-refractivity contribution in [1.82, 2.24) is 4.98 Å². The molecule has 0 spiro atoms. The Labute approximate surface area is 123 Å². The van der Waals surface area contributed by atoms with E-state index in [9.17, 15) is 10.1 Å². The second-order valence-electron chi connectivity index (χ2n) is 3.97. The van der Waals surface area contributed by atoms with E-state index in [1.54, 1.807) is 36.2 Å². The Kier molecular flexibility index (Phi) is 3.96. The van der Waals surface area contributed by atoms with Crippen molar-refractivity contribution in [2.45, 2.75) is 0 Å². The maximum atomic E-state index is 11.1. The van der Waals surface area contributed by atoms with Crippen LogP contribution in [0.15, 0.2) is 41.1 Å². The predicted octanol–water partition coefficient (Wildman–Crippen LogP) is 3.39. The molecule has 2 aromatic rings. The van der Waals surface area contributed by atoms with Crippen LogP contribution in [0.5, 0.6) is 0 Å². The predicted molar refractivity (Wildman–Crippen MR) is 77.8 cm³/mol. The Balaban J connectivity index is 2.56. The number of benzene rings is 1. The maximum Gasteiger partial charge on any atom is 0.312 e. The SMILES string of the molecule is CN(c1cccc(C#N)c1)c1c(Br)cncc1[N+](=O)[O-]. The molecule has 20 heavy (non-hydrogen) atoms. The number of nitro groups is 1. The summed E-state index contributed by atoms with van der Waals surface area (Å²) in [6.45, 7) is 0. The van der Waals surface area contributed by atoms with E-state index in [1.165, 1.54) is 12.4 Å². The lowest BCUT2D eigenvalue weighted by Gasteiger charge is -2.20. The van der Waals surface area contributed by atoms with Crippen molar-refractivity contribution in [3.63, 3.8) is 0 Å². The second kappa shape index (κ2) is 5.67. The fraction of sp³-hybridized carbons (Fsp3) is 0.0769. The largest absolute Gasteiger partial charge is 0.338 e. The van der Waals surface area contributed by atoms with E-state index in [0.717, 1.165) is 0 Å². The van der Waals surface area contributed by atoms with Gasteiger partial charge in [-0.05, 0) is 34.1 Å². The highest BCUT2D eigenvalue weighted by molar-refractivity contribution is 9.10. The molecule has 0 saturated heterocycles. The van der Waals surface area contributed by atoms with Crippen LogP contribution in [0.25, 0.3) is 0 Å². The van der Waals surface area contributed by atoms with Gasteiger partial charge in [0.05, 0.1) is 21.0 Å². The van der Waals surface area contributed by atoms with Crippen LogP contribution in [0, 0.1) is 21.4 Å². The second-order valence-corrected chi connectivity index (χ2v) is 4.82. The summed E-state index contributed by atoms with van der Waals surface area (Å²) in [6.07, 6.45) is 2.69. The van der Waals surface area contributed by atoms with Crippen LogP contribution < -0.4 is 4.90 Å². The van der Waals surface area contributed by atoms with Gasteiger partial charge in [-0.3, -0.25) is 15.1 Å². The van der Waals surface area contributed by atoms with Crippen molar-refractivity contribution in [3.05, 3.63) is 56.8 Å². The molecule has 0 N–H and O–H groups in total. The smallest absolute Gasteiger partial charge is 0.312 e. The lowest BCUT2D eigenvalue weighted by atomic mass is 10.2. The number of nitrogens with zero attached hydrogens (tertiary/aromatic N) is 4. The summed E-state index contributed by atoms with van der Waals surface area (Å²) < 4.78 is 0.511. The summed E-state index contributed by atoms with van der Waals surface area (Å²) in [5.41, 5.74) is 1.45. The standard InChI is InChI=1S/C13H9BrN4O2/c1-17(10-4-2-3-9(5-10)6-15)13-11(14)7-16-8-12(13)18(19)20/h2-5,7-8H,1H3. The summed E-state index contributed by atoms with van der Waals surface area (Å²) in [5.74, 6) is 0. The first-order chi connectivity index (χ1) is 9.54. The van der Waals surface area contributed by atoms with Crippen molar-refractivity contribution in [3.8, 4) is 6.07 Å². The van der Waals surface area contributed by atoms with Gasteiger partial charge in [0.1, 0.15) is 11.9 Å². The van der Waals surface area contributed by atoms with Gasteiger partial charge in [-0.25, -0.2) is 0 Å². The monoisotopic (exact) mass is 332 g/mol. The third-order valence-electron chi connectivity index (χ3n) is 2.75. The number of hydrogen-bond donors (Lipinski definition) is 0. The van der Waals surface area contributed by atoms with Gasteiger partial charge >= 0.3 is 5.69 Å². The number of nitriles is 1. The molecule has 0 aliphatic heterocycles. The van der Waals surface area contributed by atoms with Gasteiger partial charge in [0.25, 0.3) is 0 Å². The first kappa shape index (κ1) is 14.0.